The molecule has 4 heterocycles. The van der Waals surface area contributed by atoms with Crippen molar-refractivity contribution in [3.8, 4) is 0 Å². The van der Waals surface area contributed by atoms with Crippen molar-refractivity contribution < 1.29 is 13.2 Å². The van der Waals surface area contributed by atoms with Gasteiger partial charge in [0.15, 0.2) is 0 Å². The summed E-state index contributed by atoms with van der Waals surface area (Å²) in [5.74, 6) is -2.94. The van der Waals surface area contributed by atoms with Crippen molar-refractivity contribution in [2.75, 3.05) is 22.9 Å². The summed E-state index contributed by atoms with van der Waals surface area (Å²) in [5, 5.41) is 4.78. The number of anilines is 2. The summed E-state index contributed by atoms with van der Waals surface area (Å²) in [6.45, 7) is 4.60. The first-order valence-corrected chi connectivity index (χ1v) is 11.9. The number of aromatic amines is 1. The summed E-state index contributed by atoms with van der Waals surface area (Å²) in [7, 11) is 1.93. The molecule has 2 aliphatic heterocycles. The standard InChI is InChI=1S/C26H27F3N6/c1-15(2)24-23-22(32-33(24)3)12-35(17-5-7-20-21(11-17)31-14-30-20)25(23)18-6-4-16(10-19(18)27)34-9-8-26(28,29)13-34/h4-7,10-11,14-15,25H,8-9,12-13H2,1-3H3,(H,30,31). The molecule has 1 atom stereocenters. The van der Waals surface area contributed by atoms with Crippen LogP contribution in [0.15, 0.2) is 42.7 Å². The minimum Gasteiger partial charge on any atom is -0.365 e. The summed E-state index contributed by atoms with van der Waals surface area (Å²) < 4.78 is 45.2. The number of nitrogens with zero attached hydrogens (tertiary/aromatic N) is 5. The Morgan fingerprint density at radius 3 is 2.63 bits per heavy atom. The first kappa shape index (κ1) is 22.0. The molecule has 1 saturated heterocycles. The van der Waals surface area contributed by atoms with Crippen LogP contribution in [0.3, 0.4) is 0 Å². The number of nitrogens with one attached hydrogen (secondary N) is 1. The molecule has 35 heavy (non-hydrogen) atoms. The summed E-state index contributed by atoms with van der Waals surface area (Å²) >= 11 is 0. The van der Waals surface area contributed by atoms with E-state index in [1.54, 1.807) is 23.4 Å². The van der Waals surface area contributed by atoms with Crippen molar-refractivity contribution in [3.05, 3.63) is 71.1 Å². The Balaban J connectivity index is 1.46. The number of aryl methyl sites for hydroxylation is 1. The monoisotopic (exact) mass is 480 g/mol. The normalized spacial score (nSPS) is 19.3. The van der Waals surface area contributed by atoms with Gasteiger partial charge in [0.25, 0.3) is 5.92 Å². The fraction of sp³-hybridized carbons (Fsp3) is 0.385. The molecule has 2 aliphatic rings. The Hall–Kier alpha value is -3.49. The van der Waals surface area contributed by atoms with Crippen molar-refractivity contribution in [1.29, 1.82) is 0 Å². The maximum Gasteiger partial charge on any atom is 0.266 e. The molecule has 182 valence electrons. The second-order valence-electron chi connectivity index (χ2n) is 9.89. The largest absolute Gasteiger partial charge is 0.365 e. The van der Waals surface area contributed by atoms with E-state index in [1.165, 1.54) is 6.07 Å². The second kappa shape index (κ2) is 7.76. The highest BCUT2D eigenvalue weighted by Crippen LogP contribution is 2.46. The smallest absolute Gasteiger partial charge is 0.266 e. The zero-order valence-electron chi connectivity index (χ0n) is 19.9. The first-order chi connectivity index (χ1) is 16.7. The van der Waals surface area contributed by atoms with Crippen molar-refractivity contribution >= 4 is 22.4 Å². The molecule has 0 spiro atoms. The summed E-state index contributed by atoms with van der Waals surface area (Å²) in [6, 6.07) is 10.5. The molecular weight excluding hydrogens is 453 g/mol. The summed E-state index contributed by atoms with van der Waals surface area (Å²) in [4.78, 5) is 11.2. The van der Waals surface area contributed by atoms with E-state index in [4.69, 9.17) is 5.10 Å². The molecule has 0 bridgehead atoms. The van der Waals surface area contributed by atoms with Crippen LogP contribution in [0.4, 0.5) is 24.5 Å². The van der Waals surface area contributed by atoms with Gasteiger partial charge in [-0.15, -0.1) is 0 Å². The van der Waals surface area contributed by atoms with Gasteiger partial charge in [-0.3, -0.25) is 4.68 Å². The van der Waals surface area contributed by atoms with E-state index >= 15 is 4.39 Å². The molecule has 0 amide bonds. The maximum absolute atomic E-state index is 15.8. The van der Waals surface area contributed by atoms with Gasteiger partial charge in [0.1, 0.15) is 5.82 Å². The van der Waals surface area contributed by atoms with Crippen LogP contribution in [-0.2, 0) is 13.6 Å². The Bertz CT molecular complexity index is 1420. The van der Waals surface area contributed by atoms with Gasteiger partial charge in [-0.05, 0) is 36.2 Å². The molecule has 6 rings (SSSR count). The van der Waals surface area contributed by atoms with Gasteiger partial charge in [0, 0.05) is 48.2 Å². The highest BCUT2D eigenvalue weighted by molar-refractivity contribution is 5.80. The number of aromatic nitrogens is 4. The number of hydrogen-bond acceptors (Lipinski definition) is 4. The van der Waals surface area contributed by atoms with E-state index in [0.717, 1.165) is 33.7 Å². The van der Waals surface area contributed by atoms with E-state index in [2.05, 4.69) is 28.7 Å². The highest BCUT2D eigenvalue weighted by Gasteiger charge is 2.41. The van der Waals surface area contributed by atoms with E-state index in [9.17, 15) is 8.78 Å². The molecule has 1 fully saturated rings. The lowest BCUT2D eigenvalue weighted by Gasteiger charge is -2.30. The Morgan fingerprint density at radius 2 is 1.91 bits per heavy atom. The second-order valence-corrected chi connectivity index (χ2v) is 9.89. The summed E-state index contributed by atoms with van der Waals surface area (Å²) in [5.41, 5.74) is 6.71. The molecule has 0 aliphatic carbocycles. The Labute approximate surface area is 201 Å². The molecule has 0 saturated carbocycles. The van der Waals surface area contributed by atoms with Crippen LogP contribution in [0, 0.1) is 5.82 Å². The van der Waals surface area contributed by atoms with Crippen molar-refractivity contribution in [2.45, 2.75) is 44.7 Å². The van der Waals surface area contributed by atoms with Crippen molar-refractivity contribution in [2.24, 2.45) is 7.05 Å². The number of hydrogen-bond donors (Lipinski definition) is 1. The molecule has 9 heteroatoms. The zero-order valence-corrected chi connectivity index (χ0v) is 19.9. The van der Waals surface area contributed by atoms with E-state index in [-0.39, 0.29) is 31.5 Å². The average molecular weight is 481 g/mol. The minimum absolute atomic E-state index is 0.197. The van der Waals surface area contributed by atoms with Gasteiger partial charge >= 0.3 is 0 Å². The van der Waals surface area contributed by atoms with Gasteiger partial charge < -0.3 is 14.8 Å². The number of benzene rings is 2. The molecule has 4 aromatic rings. The van der Waals surface area contributed by atoms with Crippen LogP contribution in [0.5, 0.6) is 0 Å². The summed E-state index contributed by atoms with van der Waals surface area (Å²) in [6.07, 6.45) is 1.45. The molecule has 1 N–H and O–H groups in total. The van der Waals surface area contributed by atoms with E-state index < -0.39 is 11.7 Å². The Kier molecular flexibility index (Phi) is 4.88. The molecule has 1 unspecified atom stereocenters. The predicted octanol–water partition coefficient (Wildman–Crippen LogP) is 5.51. The third-order valence-electron chi connectivity index (χ3n) is 7.21. The third-order valence-corrected chi connectivity index (χ3v) is 7.21. The molecule has 2 aromatic heterocycles. The van der Waals surface area contributed by atoms with Gasteiger partial charge in [-0.1, -0.05) is 19.9 Å². The number of H-pyrrole nitrogens is 1. The van der Waals surface area contributed by atoms with Crippen LogP contribution in [0.2, 0.25) is 0 Å². The number of fused-ring (bicyclic) bond motifs is 2. The lowest BCUT2D eigenvalue weighted by atomic mass is 9.94. The topological polar surface area (TPSA) is 53.0 Å². The molecule has 6 nitrogen and oxygen atoms in total. The van der Waals surface area contributed by atoms with Crippen LogP contribution < -0.4 is 9.80 Å². The van der Waals surface area contributed by atoms with Crippen LogP contribution >= 0.6 is 0 Å². The molecule has 0 radical (unpaired) electrons. The average Bonchev–Trinajstić information content (AvgIpc) is 3.55. The fourth-order valence-electron chi connectivity index (χ4n) is 5.68. The molecule has 2 aromatic carbocycles. The van der Waals surface area contributed by atoms with Crippen molar-refractivity contribution in [1.82, 2.24) is 19.7 Å². The van der Waals surface area contributed by atoms with Crippen LogP contribution in [0.25, 0.3) is 11.0 Å². The molecular formula is C26H27F3N6. The maximum atomic E-state index is 15.8. The first-order valence-electron chi connectivity index (χ1n) is 11.9. The lowest BCUT2D eigenvalue weighted by molar-refractivity contribution is 0.0257. The zero-order chi connectivity index (χ0) is 24.5. The Morgan fingerprint density at radius 1 is 1.11 bits per heavy atom. The fourth-order valence-corrected chi connectivity index (χ4v) is 5.68. The van der Waals surface area contributed by atoms with Gasteiger partial charge in [0.2, 0.25) is 0 Å². The third kappa shape index (κ3) is 3.56. The highest BCUT2D eigenvalue weighted by atomic mass is 19.3. The SMILES string of the molecule is CC(C)c1c2c(nn1C)CN(c1ccc3nc[nH]c3c1)C2c1ccc(N2CCC(F)(F)C2)cc1F. The minimum atomic E-state index is -2.74. The van der Waals surface area contributed by atoms with Gasteiger partial charge in [0.05, 0.1) is 42.2 Å². The number of rotatable bonds is 4. The predicted molar refractivity (Wildman–Crippen MR) is 130 cm³/mol. The van der Waals surface area contributed by atoms with Gasteiger partial charge in [-0.25, -0.2) is 18.2 Å². The van der Waals surface area contributed by atoms with Crippen molar-refractivity contribution in [3.63, 3.8) is 0 Å². The number of halogens is 3. The van der Waals surface area contributed by atoms with E-state index in [1.807, 2.05) is 29.9 Å². The van der Waals surface area contributed by atoms with Crippen LogP contribution in [0.1, 0.15) is 54.7 Å². The van der Waals surface area contributed by atoms with E-state index in [0.29, 0.717) is 17.8 Å². The van der Waals surface area contributed by atoms with Crippen LogP contribution in [-0.4, -0.2) is 38.8 Å². The number of alkyl halides is 2. The lowest BCUT2D eigenvalue weighted by Crippen LogP contribution is -2.26. The van der Waals surface area contributed by atoms with Gasteiger partial charge in [-0.2, -0.15) is 5.10 Å². The number of imidazole rings is 1. The quantitative estimate of drug-likeness (QED) is 0.418.